The minimum absolute atomic E-state index is 0.0257. The first-order valence-corrected chi connectivity index (χ1v) is 12.9. The van der Waals surface area contributed by atoms with Crippen LogP contribution in [0.4, 0.5) is 29.3 Å². The summed E-state index contributed by atoms with van der Waals surface area (Å²) < 4.78 is 50.5. The molecule has 39 heavy (non-hydrogen) atoms. The zero-order chi connectivity index (χ0) is 27.7. The first-order valence-electron chi connectivity index (χ1n) is 12.9. The largest absolute Gasteiger partial charge is 0.487 e. The maximum Gasteiger partial charge on any atom is 0.416 e. The van der Waals surface area contributed by atoms with E-state index in [2.05, 4.69) is 15.5 Å². The molecule has 0 aliphatic carbocycles. The van der Waals surface area contributed by atoms with Crippen LogP contribution in [0.1, 0.15) is 29.9 Å². The van der Waals surface area contributed by atoms with Crippen LogP contribution in [0.3, 0.4) is 0 Å². The van der Waals surface area contributed by atoms with Gasteiger partial charge < -0.3 is 35.0 Å². The summed E-state index contributed by atoms with van der Waals surface area (Å²) in [6, 6.07) is 8.72. The second-order valence-corrected chi connectivity index (χ2v) is 10.2. The van der Waals surface area contributed by atoms with Crippen molar-refractivity contribution in [3.8, 4) is 5.75 Å². The van der Waals surface area contributed by atoms with Gasteiger partial charge >= 0.3 is 12.2 Å². The van der Waals surface area contributed by atoms with Crippen molar-refractivity contribution in [3.05, 3.63) is 53.6 Å². The number of rotatable bonds is 5. The van der Waals surface area contributed by atoms with E-state index < -0.39 is 30.0 Å². The van der Waals surface area contributed by atoms with E-state index in [1.807, 2.05) is 11.9 Å². The number of hydrogen-bond acceptors (Lipinski definition) is 6. The Morgan fingerprint density at radius 2 is 1.69 bits per heavy atom. The Labute approximate surface area is 223 Å². The summed E-state index contributed by atoms with van der Waals surface area (Å²) >= 11 is 0. The number of piperazine rings is 1. The smallest absolute Gasteiger partial charge is 0.416 e. The monoisotopic (exact) mass is 548 g/mol. The van der Waals surface area contributed by atoms with Gasteiger partial charge in [0.15, 0.2) is 0 Å². The standard InChI is InChI=1S/C27H31F3N4O5/c1-33-8-10-34(11-9-33)24(36)14-19-13-21-20-12-18(6-7-22(20)39-25(21)23(15-35)38-19)32-26(37)31-17-4-2-16(3-5-17)27(28,29)30/h2-7,12,19,21,23,25,35H,8-11,13-15H2,1H3,(H2,31,32,37)/t19-,21-,23-,25+/m1/s1. The highest BCUT2D eigenvalue weighted by Crippen LogP contribution is 2.47. The lowest BCUT2D eigenvalue weighted by molar-refractivity contribution is -0.150. The van der Waals surface area contributed by atoms with Gasteiger partial charge in [-0.1, -0.05) is 0 Å². The lowest BCUT2D eigenvalue weighted by atomic mass is 9.84. The fourth-order valence-electron chi connectivity index (χ4n) is 5.38. The molecule has 4 atom stereocenters. The van der Waals surface area contributed by atoms with Crippen LogP contribution in [0.5, 0.6) is 5.75 Å². The molecule has 3 amide bonds. The number of benzene rings is 2. The van der Waals surface area contributed by atoms with E-state index in [0.29, 0.717) is 30.9 Å². The maximum atomic E-state index is 12.9. The van der Waals surface area contributed by atoms with Crippen molar-refractivity contribution in [2.24, 2.45) is 0 Å². The number of aliphatic hydroxyl groups is 1. The molecular weight excluding hydrogens is 517 g/mol. The van der Waals surface area contributed by atoms with Crippen LogP contribution in [-0.4, -0.2) is 85.0 Å². The molecule has 2 fully saturated rings. The fourth-order valence-corrected chi connectivity index (χ4v) is 5.38. The molecule has 0 unspecified atom stereocenters. The summed E-state index contributed by atoms with van der Waals surface area (Å²) in [6.45, 7) is 2.74. The van der Waals surface area contributed by atoms with Crippen LogP contribution < -0.4 is 15.4 Å². The summed E-state index contributed by atoms with van der Waals surface area (Å²) in [5.41, 5.74) is 0.724. The number of aliphatic hydroxyl groups excluding tert-OH is 1. The highest BCUT2D eigenvalue weighted by Gasteiger charge is 2.46. The first kappa shape index (κ1) is 27.2. The van der Waals surface area contributed by atoms with E-state index in [1.165, 1.54) is 12.1 Å². The molecule has 12 heteroatoms. The van der Waals surface area contributed by atoms with Gasteiger partial charge in [-0.2, -0.15) is 13.2 Å². The minimum atomic E-state index is -4.46. The number of likely N-dealkylation sites (N-methyl/N-ethyl adjacent to an activating group) is 1. The van der Waals surface area contributed by atoms with E-state index in [9.17, 15) is 27.9 Å². The Morgan fingerprint density at radius 1 is 1.03 bits per heavy atom. The van der Waals surface area contributed by atoms with Crippen molar-refractivity contribution in [3.63, 3.8) is 0 Å². The average Bonchev–Trinajstić information content (AvgIpc) is 3.26. The van der Waals surface area contributed by atoms with Crippen molar-refractivity contribution < 1.29 is 37.3 Å². The maximum absolute atomic E-state index is 12.9. The topological polar surface area (TPSA) is 103 Å². The highest BCUT2D eigenvalue weighted by molar-refractivity contribution is 5.99. The number of urea groups is 1. The zero-order valence-electron chi connectivity index (χ0n) is 21.4. The molecule has 0 spiro atoms. The third-order valence-corrected chi connectivity index (χ3v) is 7.49. The lowest BCUT2D eigenvalue weighted by Gasteiger charge is -2.38. The Kier molecular flexibility index (Phi) is 7.70. The Hall–Kier alpha value is -3.35. The quantitative estimate of drug-likeness (QED) is 0.529. The van der Waals surface area contributed by atoms with Gasteiger partial charge in [-0.15, -0.1) is 0 Å². The number of nitrogens with zero attached hydrogens (tertiary/aromatic N) is 2. The van der Waals surface area contributed by atoms with Gasteiger partial charge in [0.2, 0.25) is 5.91 Å². The second kappa shape index (κ2) is 11.0. The summed E-state index contributed by atoms with van der Waals surface area (Å²) in [7, 11) is 2.02. The number of ether oxygens (including phenoxy) is 2. The molecule has 0 saturated carbocycles. The summed E-state index contributed by atoms with van der Waals surface area (Å²) in [6.07, 6.45) is -5.12. The van der Waals surface area contributed by atoms with E-state index in [1.54, 1.807) is 18.2 Å². The summed E-state index contributed by atoms with van der Waals surface area (Å²) in [5.74, 6) is 0.500. The molecule has 3 heterocycles. The summed E-state index contributed by atoms with van der Waals surface area (Å²) in [5, 5.41) is 15.2. The minimum Gasteiger partial charge on any atom is -0.487 e. The van der Waals surface area contributed by atoms with Crippen molar-refractivity contribution in [2.75, 3.05) is 50.5 Å². The van der Waals surface area contributed by atoms with Crippen molar-refractivity contribution in [2.45, 2.75) is 43.2 Å². The Balaban J connectivity index is 1.24. The molecule has 3 N–H and O–H groups in total. The molecule has 210 valence electrons. The number of fused-ring (bicyclic) bond motifs is 3. The lowest BCUT2D eigenvalue weighted by Crippen LogP contribution is -2.50. The van der Waals surface area contributed by atoms with Gasteiger partial charge in [-0.3, -0.25) is 4.79 Å². The van der Waals surface area contributed by atoms with Gasteiger partial charge in [-0.25, -0.2) is 4.79 Å². The Morgan fingerprint density at radius 3 is 2.36 bits per heavy atom. The first-order chi connectivity index (χ1) is 18.6. The van der Waals surface area contributed by atoms with Gasteiger partial charge in [-0.05, 0) is 55.9 Å². The number of amides is 3. The van der Waals surface area contributed by atoms with Crippen molar-refractivity contribution >= 4 is 23.3 Å². The number of carbonyl (C=O) groups is 2. The highest BCUT2D eigenvalue weighted by atomic mass is 19.4. The molecule has 3 aliphatic heterocycles. The SMILES string of the molecule is CN1CCN(C(=O)C[C@H]2C[C@@H]3c4cc(NC(=O)Nc5ccc(C(F)(F)F)cc5)ccc4O[C@@H]3[C@@H](CO)O2)CC1. The van der Waals surface area contributed by atoms with Crippen LogP contribution >= 0.6 is 0 Å². The molecule has 0 radical (unpaired) electrons. The number of hydrogen-bond donors (Lipinski definition) is 3. The molecule has 0 aromatic heterocycles. The molecule has 3 aliphatic rings. The van der Waals surface area contributed by atoms with Crippen LogP contribution in [-0.2, 0) is 15.7 Å². The molecule has 9 nitrogen and oxygen atoms in total. The van der Waals surface area contributed by atoms with Crippen LogP contribution in [0, 0.1) is 0 Å². The van der Waals surface area contributed by atoms with E-state index in [0.717, 1.165) is 30.8 Å². The van der Waals surface area contributed by atoms with Crippen molar-refractivity contribution in [1.29, 1.82) is 0 Å². The molecule has 2 aromatic rings. The normalized spacial score (nSPS) is 24.9. The number of anilines is 2. The van der Waals surface area contributed by atoms with Gasteiger partial charge in [0.25, 0.3) is 0 Å². The Bertz CT molecular complexity index is 1200. The average molecular weight is 549 g/mol. The predicted molar refractivity (Wildman–Crippen MR) is 137 cm³/mol. The zero-order valence-corrected chi connectivity index (χ0v) is 21.4. The van der Waals surface area contributed by atoms with Gasteiger partial charge in [0.05, 0.1) is 24.7 Å². The molecular formula is C27H31F3N4O5. The van der Waals surface area contributed by atoms with E-state index >= 15 is 0 Å². The number of carbonyl (C=O) groups excluding carboxylic acids is 2. The predicted octanol–water partition coefficient (Wildman–Crippen LogP) is 3.51. The molecule has 0 bridgehead atoms. The summed E-state index contributed by atoms with van der Waals surface area (Å²) in [4.78, 5) is 29.5. The van der Waals surface area contributed by atoms with E-state index in [4.69, 9.17) is 9.47 Å². The molecule has 2 saturated heterocycles. The third kappa shape index (κ3) is 6.13. The number of alkyl halides is 3. The van der Waals surface area contributed by atoms with Crippen molar-refractivity contribution in [1.82, 2.24) is 9.80 Å². The van der Waals surface area contributed by atoms with Crippen LogP contribution in [0.15, 0.2) is 42.5 Å². The molecule has 2 aromatic carbocycles. The number of nitrogens with one attached hydrogen (secondary N) is 2. The fraction of sp³-hybridized carbons (Fsp3) is 0.481. The second-order valence-electron chi connectivity index (χ2n) is 10.2. The van der Waals surface area contributed by atoms with Gasteiger partial charge in [0, 0.05) is 49.0 Å². The van der Waals surface area contributed by atoms with Gasteiger partial charge in [0.1, 0.15) is 18.0 Å². The molecule has 5 rings (SSSR count). The third-order valence-electron chi connectivity index (χ3n) is 7.49. The van der Waals surface area contributed by atoms with Crippen LogP contribution in [0.2, 0.25) is 0 Å². The number of halogens is 3. The van der Waals surface area contributed by atoms with E-state index in [-0.39, 0.29) is 36.6 Å². The van der Waals surface area contributed by atoms with Crippen LogP contribution in [0.25, 0.3) is 0 Å².